The molecule has 0 radical (unpaired) electrons. The number of aryl methyl sites for hydroxylation is 2. The summed E-state index contributed by atoms with van der Waals surface area (Å²) in [5.41, 5.74) is 2.19. The van der Waals surface area contributed by atoms with Gasteiger partial charge in [-0.05, 0) is 79.6 Å². The number of halogens is 1. The molecule has 156 valence electrons. The third-order valence-electron chi connectivity index (χ3n) is 4.49. The molecule has 1 saturated heterocycles. The molecule has 1 aromatic heterocycles. The number of thiophene rings is 1. The molecule has 0 spiro atoms. The molecule has 4 rings (SSSR count). The molecule has 0 atom stereocenters. The molecule has 3 aromatic rings. The van der Waals surface area contributed by atoms with Gasteiger partial charge in [-0.15, -0.1) is 11.3 Å². The molecule has 1 aliphatic rings. The van der Waals surface area contributed by atoms with Crippen LogP contribution in [0.15, 0.2) is 69.3 Å². The first-order valence-corrected chi connectivity index (χ1v) is 11.3. The highest BCUT2D eigenvalue weighted by atomic mass is 35.5. The van der Waals surface area contributed by atoms with E-state index in [0.717, 1.165) is 30.0 Å². The monoisotopic (exact) mass is 468 g/mol. The lowest BCUT2D eigenvalue weighted by atomic mass is 10.1. The van der Waals surface area contributed by atoms with Crippen LogP contribution in [-0.2, 0) is 9.59 Å². The maximum absolute atomic E-state index is 13.1. The number of benzene rings is 2. The van der Waals surface area contributed by atoms with Crippen LogP contribution in [0.3, 0.4) is 0 Å². The van der Waals surface area contributed by atoms with Gasteiger partial charge in [0.1, 0.15) is 5.57 Å². The average Bonchev–Trinajstić information content (AvgIpc) is 3.13. The van der Waals surface area contributed by atoms with Crippen LogP contribution in [0, 0.1) is 13.8 Å². The molecule has 0 saturated carbocycles. The fourth-order valence-electron chi connectivity index (χ4n) is 3.20. The third kappa shape index (κ3) is 4.74. The second kappa shape index (κ2) is 8.70. The number of barbiturate groups is 1. The van der Waals surface area contributed by atoms with Crippen LogP contribution in [0.2, 0.25) is 5.02 Å². The van der Waals surface area contributed by atoms with E-state index in [9.17, 15) is 14.4 Å². The van der Waals surface area contributed by atoms with Gasteiger partial charge >= 0.3 is 6.03 Å². The van der Waals surface area contributed by atoms with Crippen molar-refractivity contribution < 1.29 is 14.4 Å². The Bertz CT molecular complexity index is 1210. The van der Waals surface area contributed by atoms with Crippen molar-refractivity contribution in [2.75, 3.05) is 4.90 Å². The van der Waals surface area contributed by atoms with E-state index < -0.39 is 17.8 Å². The van der Waals surface area contributed by atoms with Crippen molar-refractivity contribution >= 4 is 64.3 Å². The van der Waals surface area contributed by atoms with Gasteiger partial charge in [0.15, 0.2) is 0 Å². The summed E-state index contributed by atoms with van der Waals surface area (Å²) in [4.78, 5) is 40.6. The van der Waals surface area contributed by atoms with E-state index in [1.165, 1.54) is 17.4 Å². The van der Waals surface area contributed by atoms with Gasteiger partial charge in [0.25, 0.3) is 11.8 Å². The molecule has 2 aromatic carbocycles. The van der Waals surface area contributed by atoms with E-state index in [2.05, 4.69) is 5.32 Å². The highest BCUT2D eigenvalue weighted by Crippen LogP contribution is 2.35. The van der Waals surface area contributed by atoms with Crippen molar-refractivity contribution in [2.45, 2.75) is 23.0 Å². The minimum absolute atomic E-state index is 0.0800. The van der Waals surface area contributed by atoms with Crippen molar-refractivity contribution in [3.8, 4) is 0 Å². The molecule has 4 amide bonds. The van der Waals surface area contributed by atoms with Crippen LogP contribution in [0.4, 0.5) is 10.5 Å². The number of urea groups is 1. The molecule has 1 aliphatic heterocycles. The van der Waals surface area contributed by atoms with E-state index in [0.29, 0.717) is 10.7 Å². The zero-order valence-corrected chi connectivity index (χ0v) is 19.0. The molecule has 31 heavy (non-hydrogen) atoms. The summed E-state index contributed by atoms with van der Waals surface area (Å²) >= 11 is 8.94. The Morgan fingerprint density at radius 1 is 0.968 bits per heavy atom. The van der Waals surface area contributed by atoms with Gasteiger partial charge in [-0.2, -0.15) is 0 Å². The number of carbonyl (C=O) groups excluding carboxylic acids is 3. The quantitative estimate of drug-likeness (QED) is 0.386. The SMILES string of the molecule is Cc1cc(C)cc(N2C(=O)NC(=O)/C(=C\c3ccc(Sc4ccc(Cl)cc4)s3)C2=O)c1. The van der Waals surface area contributed by atoms with Crippen LogP contribution >= 0.6 is 34.7 Å². The highest BCUT2D eigenvalue weighted by molar-refractivity contribution is 8.01. The third-order valence-corrected chi connectivity index (χ3v) is 6.91. The van der Waals surface area contributed by atoms with Crippen molar-refractivity contribution in [1.82, 2.24) is 5.32 Å². The van der Waals surface area contributed by atoms with E-state index in [4.69, 9.17) is 11.6 Å². The number of imide groups is 2. The Morgan fingerprint density at radius 2 is 1.65 bits per heavy atom. The molecule has 8 heteroatoms. The molecule has 1 fully saturated rings. The fraction of sp³-hybridized carbons (Fsp3) is 0.0870. The molecular formula is C23H17ClN2O3S2. The van der Waals surface area contributed by atoms with Crippen molar-refractivity contribution in [2.24, 2.45) is 0 Å². The topological polar surface area (TPSA) is 66.5 Å². The maximum atomic E-state index is 13.1. The summed E-state index contributed by atoms with van der Waals surface area (Å²) in [5.74, 6) is -1.34. The lowest BCUT2D eigenvalue weighted by molar-refractivity contribution is -0.122. The Kier molecular flexibility index (Phi) is 6.00. The van der Waals surface area contributed by atoms with E-state index in [1.54, 1.807) is 23.9 Å². The predicted octanol–water partition coefficient (Wildman–Crippen LogP) is 5.84. The Balaban J connectivity index is 1.61. The molecular weight excluding hydrogens is 452 g/mol. The molecule has 5 nitrogen and oxygen atoms in total. The summed E-state index contributed by atoms with van der Waals surface area (Å²) in [5, 5.41) is 2.94. The van der Waals surface area contributed by atoms with Gasteiger partial charge < -0.3 is 0 Å². The molecule has 1 N–H and O–H groups in total. The first-order valence-electron chi connectivity index (χ1n) is 9.33. The summed E-state index contributed by atoms with van der Waals surface area (Å²) in [6.45, 7) is 3.77. The second-order valence-electron chi connectivity index (χ2n) is 7.02. The highest BCUT2D eigenvalue weighted by Gasteiger charge is 2.37. The van der Waals surface area contributed by atoms with Gasteiger partial charge in [-0.3, -0.25) is 14.9 Å². The van der Waals surface area contributed by atoms with Crippen molar-refractivity contribution in [1.29, 1.82) is 0 Å². The fourth-order valence-corrected chi connectivity index (χ4v) is 5.39. The van der Waals surface area contributed by atoms with Gasteiger partial charge in [-0.25, -0.2) is 9.69 Å². The van der Waals surface area contributed by atoms with Crippen LogP contribution in [-0.4, -0.2) is 17.8 Å². The van der Waals surface area contributed by atoms with E-state index in [1.807, 2.05) is 56.3 Å². The molecule has 2 heterocycles. The Labute approximate surface area is 192 Å². The summed E-state index contributed by atoms with van der Waals surface area (Å²) < 4.78 is 1.00. The molecule has 0 aliphatic carbocycles. The van der Waals surface area contributed by atoms with Gasteiger partial charge in [0.05, 0.1) is 9.90 Å². The van der Waals surface area contributed by atoms with Crippen LogP contribution in [0.5, 0.6) is 0 Å². The number of carbonyl (C=O) groups is 3. The van der Waals surface area contributed by atoms with Gasteiger partial charge in [0, 0.05) is 14.8 Å². The Morgan fingerprint density at radius 3 is 2.32 bits per heavy atom. The van der Waals surface area contributed by atoms with Crippen molar-refractivity contribution in [3.63, 3.8) is 0 Å². The van der Waals surface area contributed by atoms with Gasteiger partial charge in [-0.1, -0.05) is 29.4 Å². The largest absolute Gasteiger partial charge is 0.335 e. The number of hydrogen-bond acceptors (Lipinski definition) is 5. The lowest BCUT2D eigenvalue weighted by Gasteiger charge is -2.26. The summed E-state index contributed by atoms with van der Waals surface area (Å²) in [7, 11) is 0. The number of amides is 4. The van der Waals surface area contributed by atoms with Crippen LogP contribution < -0.4 is 10.2 Å². The molecule has 0 bridgehead atoms. The van der Waals surface area contributed by atoms with Crippen LogP contribution in [0.25, 0.3) is 6.08 Å². The maximum Gasteiger partial charge on any atom is 0.335 e. The smallest absolute Gasteiger partial charge is 0.273 e. The molecule has 0 unspecified atom stereocenters. The van der Waals surface area contributed by atoms with Crippen LogP contribution in [0.1, 0.15) is 16.0 Å². The van der Waals surface area contributed by atoms with Gasteiger partial charge in [0.2, 0.25) is 0 Å². The summed E-state index contributed by atoms with van der Waals surface area (Å²) in [6, 6.07) is 15.9. The first-order chi connectivity index (χ1) is 14.8. The standard InChI is InChI=1S/C23H17ClN2O3S2/c1-13-9-14(2)11-16(10-13)26-22(28)19(21(27)25-23(26)29)12-18-7-8-20(31-18)30-17-5-3-15(24)4-6-17/h3-12H,1-2H3,(H,25,27,29)/b19-12+. The van der Waals surface area contributed by atoms with E-state index in [-0.39, 0.29) is 5.57 Å². The minimum atomic E-state index is -0.748. The lowest BCUT2D eigenvalue weighted by Crippen LogP contribution is -2.54. The first kappa shape index (κ1) is 21.4. The normalized spacial score (nSPS) is 15.5. The average molecular weight is 469 g/mol. The number of hydrogen-bond donors (Lipinski definition) is 1. The zero-order chi connectivity index (χ0) is 22.1. The summed E-state index contributed by atoms with van der Waals surface area (Å²) in [6.07, 6.45) is 1.52. The number of nitrogens with one attached hydrogen (secondary N) is 1. The Hall–Kier alpha value is -2.87. The number of anilines is 1. The zero-order valence-electron chi connectivity index (χ0n) is 16.6. The predicted molar refractivity (Wildman–Crippen MR) is 125 cm³/mol. The van der Waals surface area contributed by atoms with E-state index >= 15 is 0 Å². The second-order valence-corrected chi connectivity index (χ2v) is 9.94. The number of rotatable bonds is 4. The minimum Gasteiger partial charge on any atom is -0.273 e. The number of nitrogens with zero attached hydrogens (tertiary/aromatic N) is 1. The van der Waals surface area contributed by atoms with Crippen molar-refractivity contribution in [3.05, 3.63) is 81.2 Å².